The normalized spacial score (nSPS) is 10.6. The third kappa shape index (κ3) is 8.47. The summed E-state index contributed by atoms with van der Waals surface area (Å²) in [5, 5.41) is 6.04. The highest BCUT2D eigenvalue weighted by atomic mass is 35.5. The number of amides is 1. The molecule has 0 atom stereocenters. The minimum absolute atomic E-state index is 0.0278. The predicted octanol–water partition coefficient (Wildman–Crippen LogP) is 5.84. The van der Waals surface area contributed by atoms with Crippen LogP contribution in [0.3, 0.4) is 0 Å². The van der Waals surface area contributed by atoms with Crippen LogP contribution in [0.15, 0.2) is 54.9 Å². The largest absolute Gasteiger partial charge is 0.490 e. The fourth-order valence-corrected chi connectivity index (χ4v) is 3.65. The van der Waals surface area contributed by atoms with Crippen LogP contribution < -0.4 is 20.1 Å². The number of carbonyl (C=O) groups is 2. The van der Waals surface area contributed by atoms with Gasteiger partial charge >= 0.3 is 12.6 Å². The van der Waals surface area contributed by atoms with Gasteiger partial charge in [0.2, 0.25) is 0 Å². The molecule has 0 bridgehead atoms. The zero-order valence-electron chi connectivity index (χ0n) is 19.6. The molecule has 196 valence electrons. The van der Waals surface area contributed by atoms with E-state index in [1.165, 1.54) is 37.7 Å². The van der Waals surface area contributed by atoms with Gasteiger partial charge in [-0.25, -0.2) is 0 Å². The van der Waals surface area contributed by atoms with Gasteiger partial charge in [0.1, 0.15) is 0 Å². The Morgan fingerprint density at radius 2 is 1.81 bits per heavy atom. The summed E-state index contributed by atoms with van der Waals surface area (Å²) in [6.45, 7) is -2.44. The molecule has 0 radical (unpaired) electrons. The summed E-state index contributed by atoms with van der Waals surface area (Å²) in [5.74, 6) is -1.16. The first-order valence-electron chi connectivity index (χ1n) is 11.0. The van der Waals surface area contributed by atoms with Crippen molar-refractivity contribution in [1.29, 1.82) is 0 Å². The highest BCUT2D eigenvalue weighted by molar-refractivity contribution is 6.39. The van der Waals surface area contributed by atoms with Gasteiger partial charge in [0.25, 0.3) is 5.91 Å². The van der Waals surface area contributed by atoms with E-state index in [0.717, 1.165) is 11.3 Å². The summed E-state index contributed by atoms with van der Waals surface area (Å²) in [7, 11) is 1.33. The molecule has 1 amide bonds. The van der Waals surface area contributed by atoms with Crippen LogP contribution in [0.1, 0.15) is 22.3 Å². The number of ether oxygens (including phenoxy) is 3. The second-order valence-corrected chi connectivity index (χ2v) is 8.37. The molecule has 0 saturated carbocycles. The fourth-order valence-electron chi connectivity index (χ4n) is 3.19. The molecular weight excluding hydrogens is 531 g/mol. The van der Waals surface area contributed by atoms with Gasteiger partial charge in [0.15, 0.2) is 11.5 Å². The Bertz CT molecular complexity index is 1230. The third-order valence-electron chi connectivity index (χ3n) is 4.92. The van der Waals surface area contributed by atoms with E-state index in [2.05, 4.69) is 25.1 Å². The second kappa shape index (κ2) is 13.6. The predicted molar refractivity (Wildman–Crippen MR) is 136 cm³/mol. The van der Waals surface area contributed by atoms with Crippen LogP contribution in [0.5, 0.6) is 11.5 Å². The third-order valence-corrected chi connectivity index (χ3v) is 5.50. The van der Waals surface area contributed by atoms with E-state index < -0.39 is 12.5 Å². The number of aromatic nitrogens is 1. The Labute approximate surface area is 221 Å². The minimum Gasteiger partial charge on any atom is -0.490 e. The number of methoxy groups -OCH3 is 1. The van der Waals surface area contributed by atoms with Crippen molar-refractivity contribution < 1.29 is 32.6 Å². The number of rotatable bonds is 12. The van der Waals surface area contributed by atoms with Crippen LogP contribution in [0.4, 0.5) is 20.2 Å². The van der Waals surface area contributed by atoms with Crippen LogP contribution in [-0.4, -0.2) is 43.7 Å². The molecule has 0 aliphatic heterocycles. The summed E-state index contributed by atoms with van der Waals surface area (Å²) < 4.78 is 40.6. The summed E-state index contributed by atoms with van der Waals surface area (Å²) in [4.78, 5) is 28.0. The Morgan fingerprint density at radius 1 is 1.05 bits per heavy atom. The van der Waals surface area contributed by atoms with Gasteiger partial charge in [-0.3, -0.25) is 14.6 Å². The smallest absolute Gasteiger partial charge is 0.387 e. The molecule has 2 N–H and O–H groups in total. The summed E-state index contributed by atoms with van der Waals surface area (Å²) in [6.07, 6.45) is 3.29. The molecule has 0 fully saturated rings. The van der Waals surface area contributed by atoms with Crippen LogP contribution in [-0.2, 0) is 16.0 Å². The van der Waals surface area contributed by atoms with Crippen LogP contribution in [0.25, 0.3) is 0 Å². The maximum Gasteiger partial charge on any atom is 0.387 e. The van der Waals surface area contributed by atoms with Crippen molar-refractivity contribution in [2.75, 3.05) is 30.9 Å². The molecule has 0 unspecified atom stereocenters. The van der Waals surface area contributed by atoms with Crippen molar-refractivity contribution in [3.63, 3.8) is 0 Å². The van der Waals surface area contributed by atoms with Crippen LogP contribution >= 0.6 is 23.2 Å². The van der Waals surface area contributed by atoms with E-state index in [9.17, 15) is 18.4 Å². The van der Waals surface area contributed by atoms with E-state index >= 15 is 0 Å². The van der Waals surface area contributed by atoms with Gasteiger partial charge in [-0.1, -0.05) is 35.3 Å². The lowest BCUT2D eigenvalue weighted by molar-refractivity contribution is -0.139. The van der Waals surface area contributed by atoms with Crippen molar-refractivity contribution in [3.05, 3.63) is 76.0 Å². The number of nitrogens with zero attached hydrogens (tertiary/aromatic N) is 1. The molecule has 12 heteroatoms. The molecule has 3 rings (SSSR count). The first kappa shape index (κ1) is 27.9. The maximum absolute atomic E-state index is 12.9. The SMILES string of the molecule is COC(=O)Cc1cccc(NCCCOc2cc(C(=O)Nc3c(Cl)cncc3Cl)ccc2OC(F)F)c1. The summed E-state index contributed by atoms with van der Waals surface area (Å²) >= 11 is 12.1. The van der Waals surface area contributed by atoms with E-state index in [0.29, 0.717) is 13.0 Å². The summed E-state index contributed by atoms with van der Waals surface area (Å²) in [5.41, 5.74) is 1.88. The first-order valence-corrected chi connectivity index (χ1v) is 11.7. The highest BCUT2D eigenvalue weighted by Crippen LogP contribution is 2.32. The lowest BCUT2D eigenvalue weighted by Gasteiger charge is -2.15. The number of alkyl halides is 2. The van der Waals surface area contributed by atoms with E-state index in [1.807, 2.05) is 24.3 Å². The van der Waals surface area contributed by atoms with Gasteiger partial charge in [-0.2, -0.15) is 8.78 Å². The number of anilines is 2. The number of hydrogen-bond donors (Lipinski definition) is 2. The van der Waals surface area contributed by atoms with Crippen LogP contribution in [0.2, 0.25) is 10.0 Å². The number of esters is 1. The lowest BCUT2D eigenvalue weighted by Crippen LogP contribution is -2.14. The van der Waals surface area contributed by atoms with Crippen molar-refractivity contribution in [1.82, 2.24) is 4.98 Å². The highest BCUT2D eigenvalue weighted by Gasteiger charge is 2.17. The van der Waals surface area contributed by atoms with Gasteiger partial charge in [-0.15, -0.1) is 0 Å². The van der Waals surface area contributed by atoms with Gasteiger partial charge in [0, 0.05) is 30.2 Å². The van der Waals surface area contributed by atoms with Crippen LogP contribution in [0, 0.1) is 0 Å². The molecule has 0 aliphatic carbocycles. The van der Waals surface area contributed by atoms with Crippen molar-refractivity contribution in [2.24, 2.45) is 0 Å². The summed E-state index contributed by atoms with van der Waals surface area (Å²) in [6, 6.07) is 11.1. The Balaban J connectivity index is 1.61. The lowest BCUT2D eigenvalue weighted by atomic mass is 10.1. The Kier molecular flexibility index (Phi) is 10.3. The van der Waals surface area contributed by atoms with Gasteiger partial charge in [-0.05, 0) is 42.3 Å². The van der Waals surface area contributed by atoms with E-state index in [4.69, 9.17) is 27.9 Å². The number of pyridine rings is 1. The molecule has 0 saturated heterocycles. The number of carbonyl (C=O) groups excluding carboxylic acids is 2. The molecule has 0 aliphatic rings. The minimum atomic E-state index is -3.07. The topological polar surface area (TPSA) is 98.8 Å². The molecule has 2 aromatic carbocycles. The monoisotopic (exact) mass is 553 g/mol. The Hall–Kier alpha value is -3.63. The van der Waals surface area contributed by atoms with Crippen molar-refractivity contribution in [3.8, 4) is 11.5 Å². The molecule has 37 heavy (non-hydrogen) atoms. The number of hydrogen-bond acceptors (Lipinski definition) is 7. The average Bonchev–Trinajstić information content (AvgIpc) is 2.86. The zero-order valence-corrected chi connectivity index (χ0v) is 21.1. The van der Waals surface area contributed by atoms with Gasteiger partial charge < -0.3 is 24.8 Å². The van der Waals surface area contributed by atoms with Crippen molar-refractivity contribution >= 4 is 46.5 Å². The number of nitrogens with one attached hydrogen (secondary N) is 2. The fraction of sp³-hybridized carbons (Fsp3) is 0.240. The molecule has 1 aromatic heterocycles. The van der Waals surface area contributed by atoms with E-state index in [-0.39, 0.29) is 51.8 Å². The molecule has 0 spiro atoms. The average molecular weight is 554 g/mol. The van der Waals surface area contributed by atoms with Crippen molar-refractivity contribution in [2.45, 2.75) is 19.5 Å². The number of halogens is 4. The standard InChI is InChI=1S/C25H23Cl2F2N3O5/c1-35-22(33)11-15-4-2-5-17(10-15)31-8-3-9-36-21-12-16(6-7-20(21)37-25(28)29)24(34)32-23-18(26)13-30-14-19(23)27/h2,4-7,10,12-14,25,31H,3,8-9,11H2,1H3,(H,30,32,34). The zero-order chi connectivity index (χ0) is 26.8. The number of benzene rings is 2. The quantitative estimate of drug-likeness (QED) is 0.215. The molecule has 8 nitrogen and oxygen atoms in total. The second-order valence-electron chi connectivity index (χ2n) is 7.55. The Morgan fingerprint density at radius 3 is 2.51 bits per heavy atom. The van der Waals surface area contributed by atoms with E-state index in [1.54, 1.807) is 0 Å². The molecule has 3 aromatic rings. The maximum atomic E-state index is 12.9. The molecule has 1 heterocycles. The molecular formula is C25H23Cl2F2N3O5. The first-order chi connectivity index (χ1) is 17.8. The van der Waals surface area contributed by atoms with Gasteiger partial charge in [0.05, 0.1) is 35.9 Å².